The lowest BCUT2D eigenvalue weighted by Crippen LogP contribution is -2.31. The lowest BCUT2D eigenvalue weighted by molar-refractivity contribution is 0.185. The summed E-state index contributed by atoms with van der Waals surface area (Å²) in [6.45, 7) is 5.25. The second-order valence-electron chi connectivity index (χ2n) is 10.2. The average Bonchev–Trinajstić information content (AvgIpc) is 3.55. The second-order valence-corrected chi connectivity index (χ2v) is 10.2. The van der Waals surface area contributed by atoms with Crippen LogP contribution in [0.4, 0.5) is 0 Å². The molecule has 1 N–H and O–H groups in total. The van der Waals surface area contributed by atoms with Crippen molar-refractivity contribution < 1.29 is 4.74 Å². The molecule has 0 aliphatic carbocycles. The monoisotopic (exact) mass is 548 g/mol. The second kappa shape index (κ2) is 13.3. The van der Waals surface area contributed by atoms with Crippen LogP contribution in [0.25, 0.3) is 22.5 Å². The van der Waals surface area contributed by atoms with Gasteiger partial charge in [0.2, 0.25) is 5.82 Å². The third kappa shape index (κ3) is 6.49. The number of nitrogens with one attached hydrogen (secondary N) is 1. The van der Waals surface area contributed by atoms with E-state index < -0.39 is 0 Å². The molecule has 5 rings (SSSR count). The number of aromatic nitrogens is 6. The van der Waals surface area contributed by atoms with Crippen molar-refractivity contribution in [2.75, 3.05) is 7.11 Å². The number of benzene rings is 3. The molecule has 0 amide bonds. The highest BCUT2D eigenvalue weighted by Crippen LogP contribution is 2.30. The molecule has 0 fully saturated rings. The Labute approximate surface area is 240 Å². The topological polar surface area (TPSA) is 98.6 Å². The van der Waals surface area contributed by atoms with Crippen LogP contribution in [0.1, 0.15) is 60.5 Å². The zero-order chi connectivity index (χ0) is 28.6. The zero-order valence-electron chi connectivity index (χ0n) is 23.9. The molecular weight excluding hydrogens is 512 g/mol. The molecule has 0 saturated heterocycles. The van der Waals surface area contributed by atoms with Crippen molar-refractivity contribution in [2.45, 2.75) is 59.1 Å². The highest BCUT2D eigenvalue weighted by atomic mass is 16.5. The Morgan fingerprint density at radius 2 is 1.68 bits per heavy atom. The standard InChI is InChI=1S/C33H36N6O2/c1-4-6-14-31-34-30(5-2)29(20-24-10-9-11-25(19-24)22-41-3)33(40)39(31)21-23-15-17-26(18-16-23)27-12-7-8-13-28(27)32-35-37-38-36-32/h7-13,15-19H,4-6,14,20-22H2,1-3H3,(H,35,36,37,38). The first-order valence-corrected chi connectivity index (χ1v) is 14.2. The van der Waals surface area contributed by atoms with Gasteiger partial charge in [0.25, 0.3) is 5.56 Å². The summed E-state index contributed by atoms with van der Waals surface area (Å²) in [5, 5.41) is 14.6. The van der Waals surface area contributed by atoms with Gasteiger partial charge in [-0.15, -0.1) is 10.2 Å². The summed E-state index contributed by atoms with van der Waals surface area (Å²) >= 11 is 0. The van der Waals surface area contributed by atoms with E-state index in [1.807, 2.05) is 34.9 Å². The molecule has 0 unspecified atom stereocenters. The third-order valence-electron chi connectivity index (χ3n) is 7.32. The number of hydrogen-bond donors (Lipinski definition) is 1. The van der Waals surface area contributed by atoms with Crippen LogP contribution >= 0.6 is 0 Å². The Balaban J connectivity index is 1.49. The van der Waals surface area contributed by atoms with Crippen LogP contribution in [0.5, 0.6) is 0 Å². The Bertz CT molecular complexity index is 1640. The van der Waals surface area contributed by atoms with Crippen molar-refractivity contribution in [1.82, 2.24) is 30.2 Å². The van der Waals surface area contributed by atoms with Crippen molar-refractivity contribution in [3.63, 3.8) is 0 Å². The predicted molar refractivity (Wildman–Crippen MR) is 161 cm³/mol. The molecule has 0 aliphatic heterocycles. The molecule has 0 saturated carbocycles. The Kier molecular flexibility index (Phi) is 9.11. The number of rotatable bonds is 12. The Morgan fingerprint density at radius 3 is 2.39 bits per heavy atom. The maximum absolute atomic E-state index is 14.1. The van der Waals surface area contributed by atoms with Gasteiger partial charge in [-0.2, -0.15) is 5.21 Å². The number of H-pyrrole nitrogens is 1. The summed E-state index contributed by atoms with van der Waals surface area (Å²) < 4.78 is 7.19. The van der Waals surface area contributed by atoms with Crippen LogP contribution in [0.3, 0.4) is 0 Å². The van der Waals surface area contributed by atoms with Crippen molar-refractivity contribution in [3.8, 4) is 22.5 Å². The van der Waals surface area contributed by atoms with Gasteiger partial charge in [-0.1, -0.05) is 93.1 Å². The van der Waals surface area contributed by atoms with Crippen molar-refractivity contribution in [3.05, 3.63) is 117 Å². The van der Waals surface area contributed by atoms with Gasteiger partial charge in [0, 0.05) is 31.1 Å². The van der Waals surface area contributed by atoms with Gasteiger partial charge in [0.05, 0.1) is 18.8 Å². The maximum Gasteiger partial charge on any atom is 0.257 e. The minimum atomic E-state index is 0.0478. The molecule has 0 bridgehead atoms. The van der Waals surface area contributed by atoms with Crippen LogP contribution in [0.2, 0.25) is 0 Å². The summed E-state index contributed by atoms with van der Waals surface area (Å²) in [5.74, 6) is 1.41. The number of aromatic amines is 1. The third-order valence-corrected chi connectivity index (χ3v) is 7.32. The molecule has 3 aromatic carbocycles. The smallest absolute Gasteiger partial charge is 0.257 e. The summed E-state index contributed by atoms with van der Waals surface area (Å²) in [5.41, 5.74) is 7.91. The molecular formula is C33H36N6O2. The fourth-order valence-corrected chi connectivity index (χ4v) is 5.22. The molecule has 0 spiro atoms. The van der Waals surface area contributed by atoms with Crippen LogP contribution in [0.15, 0.2) is 77.6 Å². The minimum absolute atomic E-state index is 0.0478. The molecule has 8 heteroatoms. The summed E-state index contributed by atoms with van der Waals surface area (Å²) in [6.07, 6.45) is 4.07. The highest BCUT2D eigenvalue weighted by Gasteiger charge is 2.17. The van der Waals surface area contributed by atoms with Gasteiger partial charge in [0.1, 0.15) is 5.82 Å². The summed E-state index contributed by atoms with van der Waals surface area (Å²) in [7, 11) is 1.69. The molecule has 41 heavy (non-hydrogen) atoms. The molecule has 0 radical (unpaired) electrons. The first-order chi connectivity index (χ1) is 20.1. The van der Waals surface area contributed by atoms with E-state index in [0.29, 0.717) is 25.4 Å². The Morgan fingerprint density at radius 1 is 0.902 bits per heavy atom. The zero-order valence-corrected chi connectivity index (χ0v) is 23.9. The van der Waals surface area contributed by atoms with E-state index in [4.69, 9.17) is 9.72 Å². The summed E-state index contributed by atoms with van der Waals surface area (Å²) in [4.78, 5) is 19.2. The maximum atomic E-state index is 14.1. The quantitative estimate of drug-likeness (QED) is 0.212. The van der Waals surface area contributed by atoms with E-state index >= 15 is 0 Å². The lowest BCUT2D eigenvalue weighted by Gasteiger charge is -2.17. The number of aryl methyl sites for hydroxylation is 2. The SMILES string of the molecule is CCCCc1nc(CC)c(Cc2cccc(COC)c2)c(=O)n1Cc1ccc(-c2ccccc2-c2nn[nH]n2)cc1. The van der Waals surface area contributed by atoms with Gasteiger partial charge >= 0.3 is 0 Å². The van der Waals surface area contributed by atoms with Crippen LogP contribution in [-0.4, -0.2) is 37.3 Å². The van der Waals surface area contributed by atoms with E-state index in [2.05, 4.69) is 76.9 Å². The number of hydrogen-bond acceptors (Lipinski definition) is 6. The molecule has 210 valence electrons. The van der Waals surface area contributed by atoms with E-state index in [1.165, 1.54) is 0 Å². The van der Waals surface area contributed by atoms with Gasteiger partial charge in [-0.05, 0) is 45.9 Å². The predicted octanol–water partition coefficient (Wildman–Crippen LogP) is 5.78. The number of ether oxygens (including phenoxy) is 1. The Hall–Kier alpha value is -4.43. The highest BCUT2D eigenvalue weighted by molar-refractivity contribution is 5.80. The number of tetrazole rings is 1. The van der Waals surface area contributed by atoms with Crippen LogP contribution in [-0.2, 0) is 37.2 Å². The first-order valence-electron chi connectivity index (χ1n) is 14.2. The van der Waals surface area contributed by atoms with Gasteiger partial charge in [-0.3, -0.25) is 9.36 Å². The number of methoxy groups -OCH3 is 1. The normalized spacial score (nSPS) is 11.2. The van der Waals surface area contributed by atoms with Crippen LogP contribution in [0, 0.1) is 0 Å². The van der Waals surface area contributed by atoms with Crippen molar-refractivity contribution in [1.29, 1.82) is 0 Å². The van der Waals surface area contributed by atoms with E-state index in [1.54, 1.807) is 7.11 Å². The molecule has 8 nitrogen and oxygen atoms in total. The van der Waals surface area contributed by atoms with E-state index in [0.717, 1.165) is 76.1 Å². The van der Waals surface area contributed by atoms with Crippen LogP contribution < -0.4 is 5.56 Å². The molecule has 2 aromatic heterocycles. The average molecular weight is 549 g/mol. The molecule has 0 aliphatic rings. The van der Waals surface area contributed by atoms with Crippen molar-refractivity contribution >= 4 is 0 Å². The van der Waals surface area contributed by atoms with Gasteiger partial charge in [-0.25, -0.2) is 4.98 Å². The van der Waals surface area contributed by atoms with Crippen molar-refractivity contribution in [2.24, 2.45) is 0 Å². The van der Waals surface area contributed by atoms with Gasteiger partial charge in [0.15, 0.2) is 0 Å². The van der Waals surface area contributed by atoms with E-state index in [9.17, 15) is 4.79 Å². The number of nitrogens with zero attached hydrogens (tertiary/aromatic N) is 5. The van der Waals surface area contributed by atoms with E-state index in [-0.39, 0.29) is 5.56 Å². The summed E-state index contributed by atoms with van der Waals surface area (Å²) in [6, 6.07) is 24.6. The fraction of sp³-hybridized carbons (Fsp3) is 0.303. The fourth-order valence-electron chi connectivity index (χ4n) is 5.22. The number of unbranched alkanes of at least 4 members (excludes halogenated alkanes) is 1. The molecule has 5 aromatic rings. The largest absolute Gasteiger partial charge is 0.380 e. The first kappa shape index (κ1) is 28.1. The molecule has 0 atom stereocenters. The lowest BCUT2D eigenvalue weighted by atomic mass is 9.98. The minimum Gasteiger partial charge on any atom is -0.380 e. The van der Waals surface area contributed by atoms with Gasteiger partial charge < -0.3 is 4.74 Å². The molecule has 2 heterocycles.